The van der Waals surface area contributed by atoms with Gasteiger partial charge in [-0.1, -0.05) is 23.4 Å². The fraction of sp³-hybridized carbons (Fsp3) is 0.273. The van der Waals surface area contributed by atoms with Crippen LogP contribution in [0.5, 0.6) is 0 Å². The number of aromatic nitrogens is 5. The predicted octanol–water partition coefficient (Wildman–Crippen LogP) is 3.07. The van der Waals surface area contributed by atoms with E-state index in [1.807, 2.05) is 11.9 Å². The molecule has 0 atom stereocenters. The van der Waals surface area contributed by atoms with E-state index in [1.54, 1.807) is 35.0 Å². The second-order valence-electron chi connectivity index (χ2n) is 7.70. The van der Waals surface area contributed by atoms with Crippen molar-refractivity contribution >= 4 is 5.82 Å². The van der Waals surface area contributed by atoms with Crippen LogP contribution in [0.2, 0.25) is 0 Å². The maximum absolute atomic E-state index is 14.5. The van der Waals surface area contributed by atoms with Crippen molar-refractivity contribution in [2.45, 2.75) is 6.54 Å². The van der Waals surface area contributed by atoms with Crippen LogP contribution in [0, 0.1) is 11.6 Å². The standard InChI is InChI=1S/C22H21F2N7O/c1-29-7-9-30(10-8-29)22-17(24)13-25-21(26-22)19-12-20(18-6-11-32-28-18)31(27-19)14-15-4-2-3-5-16(15)23/h2-6,11-13H,7-10,14H2,1H3. The summed E-state index contributed by atoms with van der Waals surface area (Å²) in [6.07, 6.45) is 2.62. The van der Waals surface area contributed by atoms with E-state index < -0.39 is 5.82 Å². The lowest BCUT2D eigenvalue weighted by molar-refractivity contribution is 0.310. The molecule has 10 heteroatoms. The number of hydrogen-bond acceptors (Lipinski definition) is 7. The van der Waals surface area contributed by atoms with Gasteiger partial charge in [0.1, 0.15) is 23.5 Å². The van der Waals surface area contributed by atoms with Crippen LogP contribution in [0.4, 0.5) is 14.6 Å². The van der Waals surface area contributed by atoms with Crippen molar-refractivity contribution in [1.29, 1.82) is 0 Å². The largest absolute Gasteiger partial charge is 0.364 e. The molecule has 0 unspecified atom stereocenters. The van der Waals surface area contributed by atoms with E-state index in [1.165, 1.54) is 18.5 Å². The van der Waals surface area contributed by atoms with Crippen LogP contribution in [0.15, 0.2) is 53.4 Å². The van der Waals surface area contributed by atoms with Gasteiger partial charge in [-0.3, -0.25) is 4.68 Å². The summed E-state index contributed by atoms with van der Waals surface area (Å²) in [6.45, 7) is 3.19. The van der Waals surface area contributed by atoms with E-state index in [4.69, 9.17) is 4.52 Å². The molecule has 0 N–H and O–H groups in total. The Balaban J connectivity index is 1.53. The van der Waals surface area contributed by atoms with Gasteiger partial charge in [-0.15, -0.1) is 0 Å². The zero-order valence-corrected chi connectivity index (χ0v) is 17.4. The first-order valence-corrected chi connectivity index (χ1v) is 10.3. The lowest BCUT2D eigenvalue weighted by atomic mass is 10.2. The maximum Gasteiger partial charge on any atom is 0.183 e. The summed E-state index contributed by atoms with van der Waals surface area (Å²) in [6, 6.07) is 9.95. The molecule has 5 rings (SSSR count). The second kappa shape index (κ2) is 8.46. The highest BCUT2D eigenvalue weighted by molar-refractivity contribution is 5.63. The van der Waals surface area contributed by atoms with Crippen molar-refractivity contribution in [1.82, 2.24) is 29.8 Å². The topological polar surface area (TPSA) is 76.1 Å². The Morgan fingerprint density at radius 1 is 1.00 bits per heavy atom. The number of piperazine rings is 1. The number of benzene rings is 1. The summed E-state index contributed by atoms with van der Waals surface area (Å²) in [5.41, 5.74) is 2.08. The summed E-state index contributed by atoms with van der Waals surface area (Å²) in [5, 5.41) is 8.58. The smallest absolute Gasteiger partial charge is 0.183 e. The molecule has 4 heterocycles. The number of likely N-dealkylation sites (N-methyl/N-ethyl adjacent to an activating group) is 1. The van der Waals surface area contributed by atoms with Crippen LogP contribution in [0.25, 0.3) is 22.9 Å². The predicted molar refractivity (Wildman–Crippen MR) is 114 cm³/mol. The van der Waals surface area contributed by atoms with Gasteiger partial charge in [0.15, 0.2) is 17.5 Å². The maximum atomic E-state index is 14.5. The molecule has 0 aliphatic carbocycles. The van der Waals surface area contributed by atoms with Gasteiger partial charge in [-0.05, 0) is 19.2 Å². The molecule has 32 heavy (non-hydrogen) atoms. The molecule has 1 saturated heterocycles. The number of halogens is 2. The number of nitrogens with zero attached hydrogens (tertiary/aromatic N) is 7. The van der Waals surface area contributed by atoms with Gasteiger partial charge in [0, 0.05) is 37.8 Å². The number of rotatable bonds is 5. The average Bonchev–Trinajstić information content (AvgIpc) is 3.46. The first kappa shape index (κ1) is 20.3. The lowest BCUT2D eigenvalue weighted by Crippen LogP contribution is -2.45. The van der Waals surface area contributed by atoms with Crippen LogP contribution in [-0.2, 0) is 6.54 Å². The average molecular weight is 437 g/mol. The molecule has 0 saturated carbocycles. The minimum atomic E-state index is -0.471. The quantitative estimate of drug-likeness (QED) is 0.475. The molecule has 4 aromatic rings. The molecule has 1 fully saturated rings. The van der Waals surface area contributed by atoms with Gasteiger partial charge in [0.05, 0.1) is 18.4 Å². The van der Waals surface area contributed by atoms with Gasteiger partial charge in [0.2, 0.25) is 0 Å². The summed E-state index contributed by atoms with van der Waals surface area (Å²) >= 11 is 0. The molecule has 164 valence electrons. The first-order chi connectivity index (χ1) is 15.6. The molecular weight excluding hydrogens is 416 g/mol. The molecule has 1 aliphatic rings. The molecule has 3 aromatic heterocycles. The van der Waals surface area contributed by atoms with Crippen molar-refractivity contribution in [3.05, 3.63) is 66.1 Å². The minimum absolute atomic E-state index is 0.182. The third-order valence-corrected chi connectivity index (χ3v) is 5.52. The van der Waals surface area contributed by atoms with E-state index in [-0.39, 0.29) is 24.0 Å². The SMILES string of the molecule is CN1CCN(c2nc(-c3cc(-c4ccon4)n(Cc4ccccc4F)n3)ncc2F)CC1. The normalized spacial score (nSPS) is 14.8. The monoisotopic (exact) mass is 437 g/mol. The van der Waals surface area contributed by atoms with Gasteiger partial charge in [-0.2, -0.15) is 5.10 Å². The second-order valence-corrected chi connectivity index (χ2v) is 7.70. The van der Waals surface area contributed by atoms with Crippen LogP contribution in [0.3, 0.4) is 0 Å². The summed E-state index contributed by atoms with van der Waals surface area (Å²) in [7, 11) is 2.03. The lowest BCUT2D eigenvalue weighted by Gasteiger charge is -2.33. The fourth-order valence-corrected chi connectivity index (χ4v) is 3.71. The van der Waals surface area contributed by atoms with Crippen molar-refractivity contribution < 1.29 is 13.3 Å². The Kier molecular flexibility index (Phi) is 5.36. The zero-order chi connectivity index (χ0) is 22.1. The van der Waals surface area contributed by atoms with Gasteiger partial charge < -0.3 is 14.3 Å². The Morgan fingerprint density at radius 2 is 1.81 bits per heavy atom. The zero-order valence-electron chi connectivity index (χ0n) is 17.4. The van der Waals surface area contributed by atoms with Crippen molar-refractivity contribution in [3.63, 3.8) is 0 Å². The minimum Gasteiger partial charge on any atom is -0.364 e. The van der Waals surface area contributed by atoms with Crippen LogP contribution < -0.4 is 4.90 Å². The van der Waals surface area contributed by atoms with Crippen molar-refractivity contribution in [2.75, 3.05) is 38.1 Å². The molecule has 0 radical (unpaired) electrons. The van der Waals surface area contributed by atoms with E-state index in [9.17, 15) is 8.78 Å². The molecular formula is C22H21F2N7O. The Hall–Kier alpha value is -3.66. The van der Waals surface area contributed by atoms with E-state index in [2.05, 4.69) is 25.1 Å². The molecule has 0 spiro atoms. The summed E-state index contributed by atoms with van der Waals surface area (Å²) in [4.78, 5) is 12.7. The Bertz CT molecular complexity index is 1220. The molecule has 1 aliphatic heterocycles. The Morgan fingerprint density at radius 3 is 2.56 bits per heavy atom. The fourth-order valence-electron chi connectivity index (χ4n) is 3.71. The third kappa shape index (κ3) is 3.96. The van der Waals surface area contributed by atoms with E-state index >= 15 is 0 Å². The Labute approximate surface area is 183 Å². The number of anilines is 1. The van der Waals surface area contributed by atoms with Crippen molar-refractivity contribution in [3.8, 4) is 22.9 Å². The van der Waals surface area contributed by atoms with E-state index in [0.29, 0.717) is 35.7 Å². The summed E-state index contributed by atoms with van der Waals surface area (Å²) < 4.78 is 35.4. The molecule has 1 aromatic carbocycles. The van der Waals surface area contributed by atoms with Gasteiger partial charge in [-0.25, -0.2) is 18.7 Å². The number of hydrogen-bond donors (Lipinski definition) is 0. The highest BCUT2D eigenvalue weighted by Gasteiger charge is 2.22. The highest BCUT2D eigenvalue weighted by atomic mass is 19.1. The molecule has 0 bridgehead atoms. The summed E-state index contributed by atoms with van der Waals surface area (Å²) in [5.74, 6) is -0.251. The third-order valence-electron chi connectivity index (χ3n) is 5.52. The van der Waals surface area contributed by atoms with Crippen LogP contribution >= 0.6 is 0 Å². The van der Waals surface area contributed by atoms with Crippen LogP contribution in [-0.4, -0.2) is 63.0 Å². The van der Waals surface area contributed by atoms with E-state index in [0.717, 1.165) is 13.1 Å². The van der Waals surface area contributed by atoms with Gasteiger partial charge >= 0.3 is 0 Å². The van der Waals surface area contributed by atoms with Crippen molar-refractivity contribution in [2.24, 2.45) is 0 Å². The highest BCUT2D eigenvalue weighted by Crippen LogP contribution is 2.27. The molecule has 8 nitrogen and oxygen atoms in total. The van der Waals surface area contributed by atoms with Gasteiger partial charge in [0.25, 0.3) is 0 Å². The first-order valence-electron chi connectivity index (χ1n) is 10.3. The molecule has 0 amide bonds. The van der Waals surface area contributed by atoms with Crippen LogP contribution in [0.1, 0.15) is 5.56 Å².